The molecule has 114 valence electrons. The number of piperidine rings is 1. The lowest BCUT2D eigenvalue weighted by Gasteiger charge is -2.30. The zero-order valence-corrected chi connectivity index (χ0v) is 12.4. The smallest absolute Gasteiger partial charge is 0.227 e. The van der Waals surface area contributed by atoms with Crippen LogP contribution in [0.3, 0.4) is 0 Å². The van der Waals surface area contributed by atoms with Gasteiger partial charge < -0.3 is 15.3 Å². The number of nitrogens with one attached hydrogen (secondary N) is 1. The van der Waals surface area contributed by atoms with Crippen molar-refractivity contribution in [2.75, 3.05) is 19.6 Å². The van der Waals surface area contributed by atoms with Gasteiger partial charge in [-0.3, -0.25) is 4.79 Å². The molecule has 1 unspecified atom stereocenters. The van der Waals surface area contributed by atoms with E-state index >= 15 is 0 Å². The lowest BCUT2D eigenvalue weighted by atomic mass is 9.97. The molecule has 3 rings (SSSR count). The summed E-state index contributed by atoms with van der Waals surface area (Å²) in [5, 5.41) is 12.9. The van der Waals surface area contributed by atoms with Crippen LogP contribution in [0.5, 0.6) is 5.75 Å². The molecule has 1 saturated heterocycles. The Labute approximate surface area is 126 Å². The summed E-state index contributed by atoms with van der Waals surface area (Å²) in [5.41, 5.74) is 1.01. The number of hydrogen-bond donors (Lipinski definition) is 2. The lowest BCUT2D eigenvalue weighted by Crippen LogP contribution is -2.43. The van der Waals surface area contributed by atoms with Gasteiger partial charge in [0.15, 0.2) is 0 Å². The number of aromatic hydroxyl groups is 1. The second-order valence-corrected chi connectivity index (χ2v) is 6.38. The number of amides is 1. The van der Waals surface area contributed by atoms with Crippen LogP contribution in [0.25, 0.3) is 0 Å². The summed E-state index contributed by atoms with van der Waals surface area (Å²) in [4.78, 5) is 14.8. The molecule has 4 heteroatoms. The summed E-state index contributed by atoms with van der Waals surface area (Å²) in [6, 6.07) is 7.24. The Kier molecular flexibility index (Phi) is 4.44. The number of phenolic OH excluding ortho intramolecular Hbond substituents is 1. The van der Waals surface area contributed by atoms with Gasteiger partial charge in [-0.2, -0.15) is 0 Å². The van der Waals surface area contributed by atoms with Gasteiger partial charge in [-0.05, 0) is 55.8 Å². The molecule has 1 aliphatic heterocycles. The first-order valence-corrected chi connectivity index (χ1v) is 8.00. The Morgan fingerprint density at radius 2 is 2.19 bits per heavy atom. The lowest BCUT2D eigenvalue weighted by molar-refractivity contribution is -0.137. The molecule has 1 saturated carbocycles. The van der Waals surface area contributed by atoms with Crippen LogP contribution in [-0.4, -0.2) is 35.5 Å². The van der Waals surface area contributed by atoms with Crippen LogP contribution in [-0.2, 0) is 11.3 Å². The van der Waals surface area contributed by atoms with E-state index in [1.807, 2.05) is 17.0 Å². The molecule has 4 nitrogen and oxygen atoms in total. The molecule has 1 amide bonds. The van der Waals surface area contributed by atoms with Gasteiger partial charge in [0.1, 0.15) is 5.75 Å². The SMILES string of the molecule is O=C(C1CCCNC1)N(Cc1cccc(O)c1)CC1CC1. The number of carbonyl (C=O) groups is 1. The van der Waals surface area contributed by atoms with Gasteiger partial charge in [0.25, 0.3) is 0 Å². The zero-order valence-electron chi connectivity index (χ0n) is 12.4. The van der Waals surface area contributed by atoms with Crippen molar-refractivity contribution in [3.05, 3.63) is 29.8 Å². The summed E-state index contributed by atoms with van der Waals surface area (Å²) in [6.07, 6.45) is 4.56. The van der Waals surface area contributed by atoms with Crippen LogP contribution in [0.4, 0.5) is 0 Å². The predicted octanol–water partition coefficient (Wildman–Crippen LogP) is 2.13. The highest BCUT2D eigenvalue weighted by atomic mass is 16.3. The fraction of sp³-hybridized carbons (Fsp3) is 0.588. The third-order valence-corrected chi connectivity index (χ3v) is 4.42. The van der Waals surface area contributed by atoms with Crippen LogP contribution in [0, 0.1) is 11.8 Å². The Hall–Kier alpha value is -1.55. The molecule has 1 heterocycles. The van der Waals surface area contributed by atoms with E-state index in [-0.39, 0.29) is 17.6 Å². The summed E-state index contributed by atoms with van der Waals surface area (Å²) < 4.78 is 0. The van der Waals surface area contributed by atoms with Crippen LogP contribution >= 0.6 is 0 Å². The summed E-state index contributed by atoms with van der Waals surface area (Å²) in [6.45, 7) is 3.31. The molecule has 0 spiro atoms. The van der Waals surface area contributed by atoms with Gasteiger partial charge in [0, 0.05) is 19.6 Å². The number of phenols is 1. The largest absolute Gasteiger partial charge is 0.508 e. The highest BCUT2D eigenvalue weighted by Gasteiger charge is 2.31. The summed E-state index contributed by atoms with van der Waals surface area (Å²) in [7, 11) is 0. The molecule has 1 aromatic rings. The Bertz CT molecular complexity index is 493. The maximum atomic E-state index is 12.8. The van der Waals surface area contributed by atoms with E-state index in [0.717, 1.165) is 38.0 Å². The van der Waals surface area contributed by atoms with Crippen molar-refractivity contribution in [2.24, 2.45) is 11.8 Å². The number of hydrogen-bond acceptors (Lipinski definition) is 3. The van der Waals surface area contributed by atoms with Crippen LogP contribution in [0.1, 0.15) is 31.2 Å². The van der Waals surface area contributed by atoms with E-state index < -0.39 is 0 Å². The predicted molar refractivity (Wildman–Crippen MR) is 81.8 cm³/mol. The quantitative estimate of drug-likeness (QED) is 0.872. The van der Waals surface area contributed by atoms with Gasteiger partial charge in [-0.1, -0.05) is 12.1 Å². The molecule has 2 fully saturated rings. The number of carbonyl (C=O) groups excluding carboxylic acids is 1. The van der Waals surface area contributed by atoms with Crippen LogP contribution < -0.4 is 5.32 Å². The third-order valence-electron chi connectivity index (χ3n) is 4.42. The number of benzene rings is 1. The minimum Gasteiger partial charge on any atom is -0.508 e. The minimum absolute atomic E-state index is 0.120. The topological polar surface area (TPSA) is 52.6 Å². The standard InChI is InChI=1S/C17H24N2O2/c20-16-5-1-3-14(9-16)12-19(11-13-6-7-13)17(21)15-4-2-8-18-10-15/h1,3,5,9,13,15,18,20H,2,4,6-8,10-12H2. The van der Waals surface area contributed by atoms with E-state index in [2.05, 4.69) is 5.32 Å². The summed E-state index contributed by atoms with van der Waals surface area (Å²) in [5.74, 6) is 1.35. The van der Waals surface area contributed by atoms with Gasteiger partial charge in [-0.25, -0.2) is 0 Å². The van der Waals surface area contributed by atoms with E-state index in [1.165, 1.54) is 12.8 Å². The maximum absolute atomic E-state index is 12.8. The van der Waals surface area contributed by atoms with Gasteiger partial charge >= 0.3 is 0 Å². The first-order chi connectivity index (χ1) is 10.2. The minimum atomic E-state index is 0.120. The van der Waals surface area contributed by atoms with Crippen LogP contribution in [0.15, 0.2) is 24.3 Å². The number of rotatable bonds is 5. The molecule has 1 atom stereocenters. The molecule has 2 N–H and O–H groups in total. The van der Waals surface area contributed by atoms with Crippen LogP contribution in [0.2, 0.25) is 0 Å². The van der Waals surface area contributed by atoms with Gasteiger partial charge in [0.2, 0.25) is 5.91 Å². The first-order valence-electron chi connectivity index (χ1n) is 8.00. The molecule has 0 bridgehead atoms. The normalized spacial score (nSPS) is 22.0. The van der Waals surface area contributed by atoms with E-state index in [1.54, 1.807) is 12.1 Å². The van der Waals surface area contributed by atoms with Crippen molar-refractivity contribution in [1.29, 1.82) is 0 Å². The molecule has 0 radical (unpaired) electrons. The van der Waals surface area contributed by atoms with Crippen molar-refractivity contribution < 1.29 is 9.90 Å². The zero-order chi connectivity index (χ0) is 14.7. The maximum Gasteiger partial charge on any atom is 0.227 e. The van der Waals surface area contributed by atoms with E-state index in [4.69, 9.17) is 0 Å². The van der Waals surface area contributed by atoms with Crippen molar-refractivity contribution in [3.63, 3.8) is 0 Å². The highest BCUT2D eigenvalue weighted by Crippen LogP contribution is 2.31. The second kappa shape index (κ2) is 6.48. The first kappa shape index (κ1) is 14.4. The molecule has 2 aliphatic rings. The van der Waals surface area contributed by atoms with Crippen molar-refractivity contribution in [1.82, 2.24) is 10.2 Å². The highest BCUT2D eigenvalue weighted by molar-refractivity contribution is 5.79. The van der Waals surface area contributed by atoms with E-state index in [9.17, 15) is 9.90 Å². The monoisotopic (exact) mass is 288 g/mol. The van der Waals surface area contributed by atoms with E-state index in [0.29, 0.717) is 12.5 Å². The molecule has 1 aliphatic carbocycles. The Balaban J connectivity index is 1.68. The third kappa shape index (κ3) is 3.97. The molecule has 1 aromatic carbocycles. The Morgan fingerprint density at radius 3 is 2.86 bits per heavy atom. The average Bonchev–Trinajstić information content (AvgIpc) is 3.31. The fourth-order valence-electron chi connectivity index (χ4n) is 3.04. The Morgan fingerprint density at radius 1 is 1.33 bits per heavy atom. The second-order valence-electron chi connectivity index (χ2n) is 6.38. The number of nitrogens with zero attached hydrogens (tertiary/aromatic N) is 1. The van der Waals surface area contributed by atoms with Gasteiger partial charge in [-0.15, -0.1) is 0 Å². The van der Waals surface area contributed by atoms with Crippen molar-refractivity contribution >= 4 is 5.91 Å². The summed E-state index contributed by atoms with van der Waals surface area (Å²) >= 11 is 0. The molecule has 0 aromatic heterocycles. The molecule has 21 heavy (non-hydrogen) atoms. The van der Waals surface area contributed by atoms with Gasteiger partial charge in [0.05, 0.1) is 5.92 Å². The van der Waals surface area contributed by atoms with Crippen molar-refractivity contribution in [3.8, 4) is 5.75 Å². The molecular weight excluding hydrogens is 264 g/mol. The fourth-order valence-corrected chi connectivity index (χ4v) is 3.04. The van der Waals surface area contributed by atoms with Crippen molar-refractivity contribution in [2.45, 2.75) is 32.2 Å². The molecular formula is C17H24N2O2. The average molecular weight is 288 g/mol.